The van der Waals surface area contributed by atoms with Crippen LogP contribution in [0.25, 0.3) is 0 Å². The molecule has 1 fully saturated rings. The van der Waals surface area contributed by atoms with Crippen LogP contribution < -0.4 is 4.74 Å². The molecule has 0 bridgehead atoms. The summed E-state index contributed by atoms with van der Waals surface area (Å²) in [6.45, 7) is 3.33. The summed E-state index contributed by atoms with van der Waals surface area (Å²) >= 11 is 0. The van der Waals surface area contributed by atoms with Gasteiger partial charge in [-0.3, -0.25) is 0 Å². The molecule has 0 radical (unpaired) electrons. The van der Waals surface area contributed by atoms with Gasteiger partial charge in [0.15, 0.2) is 11.6 Å². The summed E-state index contributed by atoms with van der Waals surface area (Å²) in [5.74, 6) is 0.506. The zero-order chi connectivity index (χ0) is 17.4. The maximum Gasteiger partial charge on any atom is 0.165 e. The lowest BCUT2D eigenvalue weighted by Crippen LogP contribution is -2.41. The normalized spacial score (nSPS) is 22.5. The van der Waals surface area contributed by atoms with Crippen molar-refractivity contribution in [2.45, 2.75) is 25.2 Å². The Balaban J connectivity index is 1.66. The predicted octanol–water partition coefficient (Wildman–Crippen LogP) is 4.18. The van der Waals surface area contributed by atoms with Crippen molar-refractivity contribution in [2.75, 3.05) is 26.7 Å². The summed E-state index contributed by atoms with van der Waals surface area (Å²) in [5.41, 5.74) is 3.23. The van der Waals surface area contributed by atoms with Crippen LogP contribution in [0.2, 0.25) is 0 Å². The average Bonchev–Trinajstić information content (AvgIpc) is 2.86. The SMILES string of the molecule is COc1cc2c(cc1F)CC(CN1CCC1)C2Cc1cccc(F)c1. The van der Waals surface area contributed by atoms with E-state index in [0.717, 1.165) is 49.2 Å². The number of likely N-dealkylation sites (tertiary alicyclic amines) is 1. The van der Waals surface area contributed by atoms with Gasteiger partial charge < -0.3 is 9.64 Å². The van der Waals surface area contributed by atoms with Crippen molar-refractivity contribution >= 4 is 0 Å². The molecule has 0 amide bonds. The molecule has 1 heterocycles. The molecule has 2 atom stereocenters. The van der Waals surface area contributed by atoms with Crippen LogP contribution >= 0.6 is 0 Å². The third-order valence-electron chi connectivity index (χ3n) is 5.65. The number of methoxy groups -OCH3 is 1. The second kappa shape index (κ2) is 6.75. The fraction of sp³-hybridized carbons (Fsp3) is 0.429. The van der Waals surface area contributed by atoms with Gasteiger partial charge in [0.1, 0.15) is 5.82 Å². The molecule has 2 aliphatic rings. The number of halogens is 2. The van der Waals surface area contributed by atoms with E-state index in [1.165, 1.54) is 19.6 Å². The fourth-order valence-corrected chi connectivity index (χ4v) is 4.25. The molecule has 132 valence electrons. The van der Waals surface area contributed by atoms with Gasteiger partial charge in [0.25, 0.3) is 0 Å². The zero-order valence-corrected chi connectivity index (χ0v) is 14.5. The van der Waals surface area contributed by atoms with E-state index in [9.17, 15) is 8.78 Å². The third kappa shape index (κ3) is 3.28. The molecule has 1 saturated heterocycles. The van der Waals surface area contributed by atoms with Crippen molar-refractivity contribution in [1.82, 2.24) is 4.90 Å². The van der Waals surface area contributed by atoms with Crippen LogP contribution in [0, 0.1) is 17.6 Å². The van der Waals surface area contributed by atoms with E-state index in [1.807, 2.05) is 12.1 Å². The van der Waals surface area contributed by atoms with E-state index in [4.69, 9.17) is 4.74 Å². The minimum atomic E-state index is -0.296. The highest BCUT2D eigenvalue weighted by molar-refractivity contribution is 5.44. The highest BCUT2D eigenvalue weighted by atomic mass is 19.1. The number of hydrogen-bond donors (Lipinski definition) is 0. The topological polar surface area (TPSA) is 12.5 Å². The van der Waals surface area contributed by atoms with Crippen LogP contribution in [0.1, 0.15) is 29.0 Å². The molecule has 1 aliphatic carbocycles. The second-order valence-electron chi connectivity index (χ2n) is 7.24. The summed E-state index contributed by atoms with van der Waals surface area (Å²) < 4.78 is 32.9. The Kier molecular flexibility index (Phi) is 4.46. The fourth-order valence-electron chi connectivity index (χ4n) is 4.25. The Morgan fingerprint density at radius 1 is 1.16 bits per heavy atom. The lowest BCUT2D eigenvalue weighted by molar-refractivity contribution is 0.145. The van der Waals surface area contributed by atoms with Gasteiger partial charge in [-0.05, 0) is 85.1 Å². The van der Waals surface area contributed by atoms with Crippen molar-refractivity contribution in [3.05, 3.63) is 64.7 Å². The van der Waals surface area contributed by atoms with Gasteiger partial charge in [-0.25, -0.2) is 8.78 Å². The quantitative estimate of drug-likeness (QED) is 0.808. The standard InChI is InChI=1S/C21H23F2NO/c1-25-21-12-19-15(11-20(21)23)10-16(13-24-6-3-7-24)18(19)9-14-4-2-5-17(22)8-14/h2,4-5,8,11-12,16,18H,3,6-7,9-10,13H2,1H3. The van der Waals surface area contributed by atoms with E-state index < -0.39 is 0 Å². The van der Waals surface area contributed by atoms with Crippen molar-refractivity contribution in [3.63, 3.8) is 0 Å². The Morgan fingerprint density at radius 3 is 2.68 bits per heavy atom. The minimum absolute atomic E-state index is 0.202. The van der Waals surface area contributed by atoms with Gasteiger partial charge in [-0.15, -0.1) is 0 Å². The van der Waals surface area contributed by atoms with Gasteiger partial charge in [0, 0.05) is 6.54 Å². The number of ether oxygens (including phenoxy) is 1. The second-order valence-corrected chi connectivity index (χ2v) is 7.24. The third-order valence-corrected chi connectivity index (χ3v) is 5.65. The first-order valence-electron chi connectivity index (χ1n) is 8.97. The van der Waals surface area contributed by atoms with E-state index >= 15 is 0 Å². The molecule has 2 nitrogen and oxygen atoms in total. The molecule has 2 aromatic rings. The zero-order valence-electron chi connectivity index (χ0n) is 14.5. The smallest absolute Gasteiger partial charge is 0.165 e. The number of fused-ring (bicyclic) bond motifs is 1. The molecule has 2 unspecified atom stereocenters. The summed E-state index contributed by atoms with van der Waals surface area (Å²) in [7, 11) is 1.50. The Labute approximate surface area is 147 Å². The van der Waals surface area contributed by atoms with Crippen molar-refractivity contribution in [2.24, 2.45) is 5.92 Å². The van der Waals surface area contributed by atoms with Crippen molar-refractivity contribution in [3.8, 4) is 5.75 Å². The summed E-state index contributed by atoms with van der Waals surface area (Å²) in [6.07, 6.45) is 2.92. The summed E-state index contributed by atoms with van der Waals surface area (Å²) in [4.78, 5) is 2.46. The average molecular weight is 343 g/mol. The van der Waals surface area contributed by atoms with E-state index in [1.54, 1.807) is 18.2 Å². The van der Waals surface area contributed by atoms with Crippen LogP contribution in [-0.4, -0.2) is 31.6 Å². The first-order valence-corrected chi connectivity index (χ1v) is 8.97. The highest BCUT2D eigenvalue weighted by Crippen LogP contribution is 2.43. The molecule has 2 aromatic carbocycles. The number of rotatable bonds is 5. The highest BCUT2D eigenvalue weighted by Gasteiger charge is 2.35. The number of hydrogen-bond acceptors (Lipinski definition) is 2. The number of nitrogens with zero attached hydrogens (tertiary/aromatic N) is 1. The molecule has 0 spiro atoms. The minimum Gasteiger partial charge on any atom is -0.494 e. The molecule has 1 aliphatic heterocycles. The van der Waals surface area contributed by atoms with Crippen molar-refractivity contribution in [1.29, 1.82) is 0 Å². The van der Waals surface area contributed by atoms with Crippen LogP contribution in [-0.2, 0) is 12.8 Å². The number of benzene rings is 2. The van der Waals surface area contributed by atoms with E-state index in [-0.39, 0.29) is 17.6 Å². The van der Waals surface area contributed by atoms with Gasteiger partial charge in [-0.1, -0.05) is 12.1 Å². The molecule has 0 saturated carbocycles. The van der Waals surface area contributed by atoms with E-state index in [0.29, 0.717) is 11.7 Å². The molecule has 0 aromatic heterocycles. The monoisotopic (exact) mass is 343 g/mol. The molecular formula is C21H23F2NO. The predicted molar refractivity (Wildman–Crippen MR) is 94.0 cm³/mol. The molecule has 4 rings (SSSR count). The molecule has 25 heavy (non-hydrogen) atoms. The Morgan fingerprint density at radius 2 is 2.00 bits per heavy atom. The summed E-state index contributed by atoms with van der Waals surface area (Å²) in [6, 6.07) is 10.3. The van der Waals surface area contributed by atoms with Crippen LogP contribution in [0.15, 0.2) is 36.4 Å². The maximum atomic E-state index is 14.1. The van der Waals surface area contributed by atoms with Gasteiger partial charge >= 0.3 is 0 Å². The Bertz CT molecular complexity index is 772. The molecule has 0 N–H and O–H groups in total. The lowest BCUT2D eigenvalue weighted by atomic mass is 9.86. The Hall–Kier alpha value is -1.94. The van der Waals surface area contributed by atoms with Gasteiger partial charge in [-0.2, -0.15) is 0 Å². The van der Waals surface area contributed by atoms with Gasteiger partial charge in [0.2, 0.25) is 0 Å². The first-order chi connectivity index (χ1) is 12.1. The first kappa shape index (κ1) is 16.5. The maximum absolute atomic E-state index is 14.1. The largest absolute Gasteiger partial charge is 0.494 e. The molecular weight excluding hydrogens is 320 g/mol. The molecule has 4 heteroatoms. The van der Waals surface area contributed by atoms with Crippen LogP contribution in [0.4, 0.5) is 8.78 Å². The lowest BCUT2D eigenvalue weighted by Gasteiger charge is -2.35. The summed E-state index contributed by atoms with van der Waals surface area (Å²) in [5, 5.41) is 0. The van der Waals surface area contributed by atoms with Crippen molar-refractivity contribution < 1.29 is 13.5 Å². The van der Waals surface area contributed by atoms with Gasteiger partial charge in [0.05, 0.1) is 7.11 Å². The van der Waals surface area contributed by atoms with E-state index in [2.05, 4.69) is 4.90 Å². The van der Waals surface area contributed by atoms with Crippen LogP contribution in [0.3, 0.4) is 0 Å². The van der Waals surface area contributed by atoms with Crippen LogP contribution in [0.5, 0.6) is 5.75 Å².